The Morgan fingerprint density at radius 1 is 1.29 bits per heavy atom. The van der Waals surface area contributed by atoms with Crippen molar-refractivity contribution in [3.63, 3.8) is 0 Å². The van der Waals surface area contributed by atoms with Gasteiger partial charge in [-0.25, -0.2) is 4.98 Å². The molecule has 4 heterocycles. The summed E-state index contributed by atoms with van der Waals surface area (Å²) in [7, 11) is 0. The summed E-state index contributed by atoms with van der Waals surface area (Å²) in [6.07, 6.45) is 6.97. The molecule has 1 N–H and O–H groups in total. The molecule has 24 heavy (non-hydrogen) atoms. The summed E-state index contributed by atoms with van der Waals surface area (Å²) in [4.78, 5) is 7.09. The highest BCUT2D eigenvalue weighted by atomic mass is 16.3. The first-order valence-corrected chi connectivity index (χ1v) is 8.70. The van der Waals surface area contributed by atoms with Crippen LogP contribution in [0.1, 0.15) is 37.3 Å². The largest absolute Gasteiger partial charge is 0.468 e. The number of hydrogen-bond acceptors (Lipinski definition) is 5. The molecule has 4 rings (SSSR count). The van der Waals surface area contributed by atoms with Crippen molar-refractivity contribution in [1.82, 2.24) is 19.5 Å². The summed E-state index contributed by atoms with van der Waals surface area (Å²) >= 11 is 0. The third kappa shape index (κ3) is 2.89. The van der Waals surface area contributed by atoms with E-state index in [0.29, 0.717) is 0 Å². The quantitative estimate of drug-likeness (QED) is 0.754. The molecule has 0 unspecified atom stereocenters. The zero-order valence-corrected chi connectivity index (χ0v) is 14.0. The lowest BCUT2D eigenvalue weighted by molar-refractivity contribution is 0.225. The lowest BCUT2D eigenvalue weighted by atomic mass is 10.2. The molecular formula is C18H23N5O. The van der Waals surface area contributed by atoms with Gasteiger partial charge in [-0.2, -0.15) is 9.61 Å². The molecule has 0 radical (unpaired) electrons. The van der Waals surface area contributed by atoms with Crippen LogP contribution in [-0.2, 0) is 6.42 Å². The number of furan rings is 1. The normalized spacial score (nSPS) is 16.7. The van der Waals surface area contributed by atoms with E-state index in [2.05, 4.69) is 39.4 Å². The van der Waals surface area contributed by atoms with E-state index in [1.807, 2.05) is 16.6 Å². The molecular weight excluding hydrogens is 302 g/mol. The summed E-state index contributed by atoms with van der Waals surface area (Å²) in [5.74, 6) is 2.00. The Labute approximate surface area is 141 Å². The molecule has 0 spiro atoms. The number of likely N-dealkylation sites (tertiary alicyclic amines) is 1. The number of aromatic nitrogens is 3. The van der Waals surface area contributed by atoms with Crippen molar-refractivity contribution in [3.05, 3.63) is 48.2 Å². The van der Waals surface area contributed by atoms with Gasteiger partial charge in [0.05, 0.1) is 18.5 Å². The van der Waals surface area contributed by atoms with Gasteiger partial charge in [0.2, 0.25) is 0 Å². The Bertz CT molecular complexity index is 789. The van der Waals surface area contributed by atoms with Gasteiger partial charge in [-0.05, 0) is 44.5 Å². The van der Waals surface area contributed by atoms with E-state index in [1.165, 1.54) is 12.8 Å². The minimum Gasteiger partial charge on any atom is -0.468 e. The monoisotopic (exact) mass is 325 g/mol. The second-order valence-electron chi connectivity index (χ2n) is 6.24. The molecule has 3 aromatic heterocycles. The molecule has 6 nitrogen and oxygen atoms in total. The van der Waals surface area contributed by atoms with Gasteiger partial charge in [0.15, 0.2) is 5.65 Å². The van der Waals surface area contributed by atoms with Crippen molar-refractivity contribution in [2.24, 2.45) is 0 Å². The second kappa shape index (κ2) is 6.65. The van der Waals surface area contributed by atoms with Gasteiger partial charge in [0, 0.05) is 24.4 Å². The molecule has 0 bridgehead atoms. The fraction of sp³-hybridized carbons (Fsp3) is 0.444. The highest BCUT2D eigenvalue weighted by Crippen LogP contribution is 2.26. The van der Waals surface area contributed by atoms with Crippen molar-refractivity contribution in [2.45, 2.75) is 32.2 Å². The van der Waals surface area contributed by atoms with E-state index in [9.17, 15) is 0 Å². The van der Waals surface area contributed by atoms with Gasteiger partial charge in [0.25, 0.3) is 0 Å². The van der Waals surface area contributed by atoms with Crippen LogP contribution in [-0.4, -0.2) is 39.1 Å². The molecule has 1 saturated heterocycles. The number of fused-ring (bicyclic) bond motifs is 1. The van der Waals surface area contributed by atoms with Crippen molar-refractivity contribution in [2.75, 3.05) is 25.0 Å². The summed E-state index contributed by atoms with van der Waals surface area (Å²) in [6.45, 7) is 5.16. The van der Waals surface area contributed by atoms with E-state index in [4.69, 9.17) is 4.42 Å². The van der Waals surface area contributed by atoms with Gasteiger partial charge < -0.3 is 9.73 Å². The smallest absolute Gasteiger partial charge is 0.157 e. The Morgan fingerprint density at radius 2 is 2.17 bits per heavy atom. The van der Waals surface area contributed by atoms with E-state index in [1.54, 1.807) is 12.5 Å². The first-order valence-electron chi connectivity index (χ1n) is 8.70. The predicted octanol–water partition coefficient (Wildman–Crippen LogP) is 3.13. The van der Waals surface area contributed by atoms with Gasteiger partial charge >= 0.3 is 0 Å². The zero-order chi connectivity index (χ0) is 16.4. The van der Waals surface area contributed by atoms with Crippen molar-refractivity contribution >= 4 is 11.5 Å². The van der Waals surface area contributed by atoms with Gasteiger partial charge in [-0.1, -0.05) is 6.92 Å². The predicted molar refractivity (Wildman–Crippen MR) is 93.1 cm³/mol. The van der Waals surface area contributed by atoms with Crippen LogP contribution in [0.4, 0.5) is 5.82 Å². The maximum atomic E-state index is 5.70. The van der Waals surface area contributed by atoms with Crippen molar-refractivity contribution < 1.29 is 4.42 Å². The third-order valence-electron chi connectivity index (χ3n) is 4.70. The van der Waals surface area contributed by atoms with Crippen molar-refractivity contribution in [3.8, 4) is 0 Å². The highest BCUT2D eigenvalue weighted by Gasteiger charge is 2.25. The lowest BCUT2D eigenvalue weighted by Crippen LogP contribution is -2.31. The SMILES string of the molecule is CCc1cc(NC[C@H](c2ccco2)N2CCCC2)n2nccc2n1. The number of anilines is 1. The van der Waals surface area contributed by atoms with Crippen molar-refractivity contribution in [1.29, 1.82) is 0 Å². The molecule has 1 fully saturated rings. The first-order chi connectivity index (χ1) is 11.8. The molecule has 3 aromatic rings. The Kier molecular flexibility index (Phi) is 4.21. The Morgan fingerprint density at radius 3 is 2.92 bits per heavy atom. The van der Waals surface area contributed by atoms with E-state index < -0.39 is 0 Å². The average molecular weight is 325 g/mol. The van der Waals surface area contributed by atoms with Crippen LogP contribution < -0.4 is 5.32 Å². The first kappa shape index (κ1) is 15.2. The van der Waals surface area contributed by atoms with E-state index in [-0.39, 0.29) is 6.04 Å². The maximum absolute atomic E-state index is 5.70. The second-order valence-corrected chi connectivity index (χ2v) is 6.24. The minimum atomic E-state index is 0.242. The van der Waals surface area contributed by atoms with Gasteiger partial charge in [-0.15, -0.1) is 0 Å². The fourth-order valence-corrected chi connectivity index (χ4v) is 3.42. The molecule has 1 aliphatic heterocycles. The summed E-state index contributed by atoms with van der Waals surface area (Å²) in [5.41, 5.74) is 1.95. The lowest BCUT2D eigenvalue weighted by Gasteiger charge is -2.26. The van der Waals surface area contributed by atoms with Crippen LogP contribution in [0.2, 0.25) is 0 Å². The van der Waals surface area contributed by atoms with Crippen LogP contribution in [0.5, 0.6) is 0 Å². The standard InChI is InChI=1S/C18H23N5O/c1-2-14-12-18(23-17(21-14)7-8-20-23)19-13-15(16-6-5-11-24-16)22-9-3-4-10-22/h5-8,11-12,15,19H,2-4,9-10,13H2,1H3/t15-/m1/s1. The molecule has 6 heteroatoms. The molecule has 0 aliphatic carbocycles. The summed E-state index contributed by atoms with van der Waals surface area (Å²) in [6, 6.07) is 8.30. The van der Waals surface area contributed by atoms with Gasteiger partial charge in [-0.3, -0.25) is 4.90 Å². The number of nitrogens with zero attached hydrogens (tertiary/aromatic N) is 4. The number of rotatable bonds is 6. The number of hydrogen-bond donors (Lipinski definition) is 1. The highest BCUT2D eigenvalue weighted by molar-refractivity contribution is 5.49. The average Bonchev–Trinajstić information content (AvgIpc) is 3.36. The molecule has 0 amide bonds. The molecule has 126 valence electrons. The third-order valence-corrected chi connectivity index (χ3v) is 4.70. The fourth-order valence-electron chi connectivity index (χ4n) is 3.42. The molecule has 1 aliphatic rings. The number of aryl methyl sites for hydroxylation is 1. The van der Waals surface area contributed by atoms with Crippen LogP contribution in [0.25, 0.3) is 5.65 Å². The van der Waals surface area contributed by atoms with E-state index in [0.717, 1.165) is 49.0 Å². The topological polar surface area (TPSA) is 58.6 Å². The molecule has 0 saturated carbocycles. The van der Waals surface area contributed by atoms with Crippen LogP contribution >= 0.6 is 0 Å². The van der Waals surface area contributed by atoms with Crippen LogP contribution in [0.3, 0.4) is 0 Å². The maximum Gasteiger partial charge on any atom is 0.157 e. The van der Waals surface area contributed by atoms with E-state index >= 15 is 0 Å². The molecule has 0 aromatic carbocycles. The summed E-state index contributed by atoms with van der Waals surface area (Å²) in [5, 5.41) is 7.96. The van der Waals surface area contributed by atoms with Crippen LogP contribution in [0.15, 0.2) is 41.1 Å². The Hall–Kier alpha value is -2.34. The number of nitrogens with one attached hydrogen (secondary N) is 1. The van der Waals surface area contributed by atoms with Gasteiger partial charge in [0.1, 0.15) is 11.6 Å². The van der Waals surface area contributed by atoms with Crippen LogP contribution in [0, 0.1) is 0 Å². The zero-order valence-electron chi connectivity index (χ0n) is 14.0. The summed E-state index contributed by atoms with van der Waals surface area (Å²) < 4.78 is 7.56. The molecule has 1 atom stereocenters. The minimum absolute atomic E-state index is 0.242. The Balaban J connectivity index is 1.59.